The number of aromatic nitrogens is 5. The van der Waals surface area contributed by atoms with E-state index in [1.807, 2.05) is 19.9 Å². The number of alkyl halides is 3. The number of rotatable bonds is 7. The van der Waals surface area contributed by atoms with Gasteiger partial charge in [0.05, 0.1) is 29.9 Å². The summed E-state index contributed by atoms with van der Waals surface area (Å²) in [5.41, 5.74) is 1.07. The van der Waals surface area contributed by atoms with Crippen molar-refractivity contribution in [2.75, 3.05) is 12.9 Å². The van der Waals surface area contributed by atoms with Crippen LogP contribution in [0.5, 0.6) is 0 Å². The van der Waals surface area contributed by atoms with E-state index in [4.69, 9.17) is 0 Å². The third-order valence-corrected chi connectivity index (χ3v) is 5.72. The molecule has 0 bridgehead atoms. The average molecular weight is 470 g/mol. The van der Waals surface area contributed by atoms with Gasteiger partial charge in [0.2, 0.25) is 0 Å². The van der Waals surface area contributed by atoms with Gasteiger partial charge < -0.3 is 4.74 Å². The van der Waals surface area contributed by atoms with Gasteiger partial charge in [0.15, 0.2) is 10.3 Å². The molecule has 0 atom stereocenters. The van der Waals surface area contributed by atoms with Crippen LogP contribution in [-0.4, -0.2) is 43.6 Å². The molecule has 0 aliphatic heterocycles. The summed E-state index contributed by atoms with van der Waals surface area (Å²) < 4.78 is 45.8. The van der Waals surface area contributed by atoms with Crippen LogP contribution >= 0.6 is 23.5 Å². The van der Waals surface area contributed by atoms with Gasteiger partial charge in [-0.2, -0.15) is 13.2 Å². The molecule has 0 aliphatic carbocycles. The second kappa shape index (κ2) is 9.69. The maximum Gasteiger partial charge on any atom is 0.416 e. The summed E-state index contributed by atoms with van der Waals surface area (Å²) in [5, 5.41) is 9.01. The molecule has 3 rings (SSSR count). The smallest absolute Gasteiger partial charge is 0.416 e. The Balaban J connectivity index is 1.95. The monoisotopic (exact) mass is 469 g/mol. The normalized spacial score (nSPS) is 11.5. The number of esters is 1. The average Bonchev–Trinajstić information content (AvgIpc) is 3.12. The Kier molecular flexibility index (Phi) is 7.21. The number of thioether (sulfide) groups is 2. The van der Waals surface area contributed by atoms with Gasteiger partial charge in [-0.05, 0) is 38.1 Å². The Morgan fingerprint density at radius 3 is 2.45 bits per heavy atom. The summed E-state index contributed by atoms with van der Waals surface area (Å²) >= 11 is 2.32. The molecule has 0 radical (unpaired) electrons. The number of carbonyl (C=O) groups excluding carboxylic acids is 1. The van der Waals surface area contributed by atoms with Gasteiger partial charge in [-0.25, -0.2) is 9.97 Å². The van der Waals surface area contributed by atoms with E-state index in [1.165, 1.54) is 35.6 Å². The molecule has 0 N–H and O–H groups in total. The Morgan fingerprint density at radius 1 is 1.10 bits per heavy atom. The van der Waals surface area contributed by atoms with Crippen molar-refractivity contribution in [3.63, 3.8) is 0 Å². The lowest BCUT2D eigenvalue weighted by atomic mass is 10.2. The molecule has 0 unspecified atom stereocenters. The van der Waals surface area contributed by atoms with Crippen LogP contribution in [0.25, 0.3) is 5.69 Å². The summed E-state index contributed by atoms with van der Waals surface area (Å²) in [6.45, 7) is 3.71. The fourth-order valence-electron chi connectivity index (χ4n) is 2.64. The molecule has 0 fully saturated rings. The molecule has 31 heavy (non-hydrogen) atoms. The molecule has 0 saturated heterocycles. The standard InChI is InChI=1S/C19H18F3N5O2S2/c1-11-7-12(2)24-17(23-11)30-9-15-25-26-18(31-10-16(28)29-3)27(15)14-6-4-5-13(8-14)19(20,21)22/h4-8H,9-10H2,1-3H3. The van der Waals surface area contributed by atoms with Gasteiger partial charge >= 0.3 is 12.1 Å². The van der Waals surface area contributed by atoms with Crippen molar-refractivity contribution in [1.82, 2.24) is 24.7 Å². The van der Waals surface area contributed by atoms with Gasteiger partial charge in [-0.1, -0.05) is 29.6 Å². The first kappa shape index (κ1) is 23.1. The fraction of sp³-hybridized carbons (Fsp3) is 0.316. The van der Waals surface area contributed by atoms with Crippen molar-refractivity contribution in [1.29, 1.82) is 0 Å². The van der Waals surface area contributed by atoms with Crippen LogP contribution < -0.4 is 0 Å². The van der Waals surface area contributed by atoms with Gasteiger partial charge in [0, 0.05) is 11.4 Å². The summed E-state index contributed by atoms with van der Waals surface area (Å²) in [4.78, 5) is 20.2. The number of carbonyl (C=O) groups is 1. The van der Waals surface area contributed by atoms with Gasteiger partial charge in [0.1, 0.15) is 5.82 Å². The topological polar surface area (TPSA) is 82.8 Å². The third kappa shape index (κ3) is 5.97. The number of methoxy groups -OCH3 is 1. The molecule has 3 aromatic rings. The van der Waals surface area contributed by atoms with E-state index in [-0.39, 0.29) is 22.3 Å². The summed E-state index contributed by atoms with van der Waals surface area (Å²) in [6.07, 6.45) is -4.49. The first-order chi connectivity index (χ1) is 14.7. The lowest BCUT2D eigenvalue weighted by Gasteiger charge is -2.13. The van der Waals surface area contributed by atoms with Crippen molar-refractivity contribution in [3.8, 4) is 5.69 Å². The quantitative estimate of drug-likeness (QED) is 0.289. The maximum absolute atomic E-state index is 13.2. The van der Waals surface area contributed by atoms with Crippen molar-refractivity contribution in [3.05, 3.63) is 53.1 Å². The first-order valence-electron chi connectivity index (χ1n) is 8.94. The predicted molar refractivity (Wildman–Crippen MR) is 110 cm³/mol. The summed E-state index contributed by atoms with van der Waals surface area (Å²) in [7, 11) is 1.26. The van der Waals surface area contributed by atoms with Crippen LogP contribution in [0, 0.1) is 13.8 Å². The predicted octanol–water partition coefficient (Wildman–Crippen LogP) is 4.25. The number of halogens is 3. The minimum absolute atomic E-state index is 0.0546. The molecular formula is C19H18F3N5O2S2. The minimum atomic E-state index is -4.49. The molecule has 1 aromatic carbocycles. The van der Waals surface area contributed by atoms with Gasteiger partial charge in [-0.15, -0.1) is 10.2 Å². The van der Waals surface area contributed by atoms with Crippen molar-refractivity contribution < 1.29 is 22.7 Å². The zero-order valence-electron chi connectivity index (χ0n) is 16.8. The number of aryl methyl sites for hydroxylation is 2. The van der Waals surface area contributed by atoms with Crippen molar-refractivity contribution in [2.24, 2.45) is 0 Å². The molecule has 0 amide bonds. The zero-order chi connectivity index (χ0) is 22.6. The first-order valence-corrected chi connectivity index (χ1v) is 10.9. The van der Waals surface area contributed by atoms with E-state index < -0.39 is 17.7 Å². The molecule has 0 saturated carbocycles. The number of nitrogens with zero attached hydrogens (tertiary/aromatic N) is 5. The third-order valence-electron chi connectivity index (χ3n) is 3.97. The van der Waals surface area contributed by atoms with E-state index in [9.17, 15) is 18.0 Å². The molecule has 12 heteroatoms. The Morgan fingerprint density at radius 2 is 1.81 bits per heavy atom. The van der Waals surface area contributed by atoms with E-state index in [1.54, 1.807) is 0 Å². The highest BCUT2D eigenvalue weighted by molar-refractivity contribution is 7.99. The molecule has 2 aromatic heterocycles. The van der Waals surface area contributed by atoms with Crippen molar-refractivity contribution >= 4 is 29.5 Å². The van der Waals surface area contributed by atoms with Crippen molar-refractivity contribution in [2.45, 2.75) is 36.1 Å². The SMILES string of the molecule is COC(=O)CSc1nnc(CSc2nc(C)cc(C)n2)n1-c1cccc(C(F)(F)F)c1. The van der Waals surface area contributed by atoms with E-state index >= 15 is 0 Å². The molecular weight excluding hydrogens is 451 g/mol. The summed E-state index contributed by atoms with van der Waals surface area (Å²) in [6, 6.07) is 6.70. The van der Waals surface area contributed by atoms with Crippen LogP contribution in [0.2, 0.25) is 0 Å². The lowest BCUT2D eigenvalue weighted by molar-refractivity contribution is -0.138. The largest absolute Gasteiger partial charge is 0.468 e. The lowest BCUT2D eigenvalue weighted by Crippen LogP contribution is -2.09. The minimum Gasteiger partial charge on any atom is -0.468 e. The van der Waals surface area contributed by atoms with Gasteiger partial charge in [-0.3, -0.25) is 9.36 Å². The van der Waals surface area contributed by atoms with E-state index in [0.717, 1.165) is 35.3 Å². The maximum atomic E-state index is 13.2. The second-order valence-electron chi connectivity index (χ2n) is 6.37. The van der Waals surface area contributed by atoms with Crippen LogP contribution in [0.1, 0.15) is 22.8 Å². The zero-order valence-corrected chi connectivity index (χ0v) is 18.4. The molecule has 0 spiro atoms. The Bertz CT molecular complexity index is 1070. The van der Waals surface area contributed by atoms with Gasteiger partial charge in [0.25, 0.3) is 0 Å². The highest BCUT2D eigenvalue weighted by atomic mass is 32.2. The molecule has 7 nitrogen and oxygen atoms in total. The van der Waals surface area contributed by atoms with Crippen LogP contribution in [0.3, 0.4) is 0 Å². The number of hydrogen-bond donors (Lipinski definition) is 0. The number of ether oxygens (including phenoxy) is 1. The number of hydrogen-bond acceptors (Lipinski definition) is 8. The highest BCUT2D eigenvalue weighted by Crippen LogP contribution is 2.32. The fourth-order valence-corrected chi connectivity index (χ4v) is 4.30. The van der Waals surface area contributed by atoms with E-state index in [0.29, 0.717) is 11.0 Å². The van der Waals surface area contributed by atoms with Crippen LogP contribution in [-0.2, 0) is 21.5 Å². The van der Waals surface area contributed by atoms with E-state index in [2.05, 4.69) is 24.9 Å². The Hall–Kier alpha value is -2.60. The summed E-state index contributed by atoms with van der Waals surface area (Å²) in [5.74, 6) is 0.133. The second-order valence-corrected chi connectivity index (χ2v) is 8.25. The highest BCUT2D eigenvalue weighted by Gasteiger charge is 2.31. The molecule has 0 aliphatic rings. The van der Waals surface area contributed by atoms with Crippen LogP contribution in [0.15, 0.2) is 40.6 Å². The molecule has 2 heterocycles. The Labute approximate surface area is 184 Å². The number of benzene rings is 1. The van der Waals surface area contributed by atoms with Crippen LogP contribution in [0.4, 0.5) is 13.2 Å². The molecule has 164 valence electrons.